The first-order chi connectivity index (χ1) is 19.6. The maximum absolute atomic E-state index is 13.5. The Bertz CT molecular complexity index is 1730. The van der Waals surface area contributed by atoms with Gasteiger partial charge in [-0.05, 0) is 46.9 Å². The lowest BCUT2D eigenvalue weighted by Crippen LogP contribution is -2.38. The molecule has 2 aliphatic heterocycles. The fraction of sp³-hybridized carbons (Fsp3) is 0.250. The molecule has 1 saturated heterocycles. The van der Waals surface area contributed by atoms with Gasteiger partial charge in [-0.25, -0.2) is 9.97 Å². The van der Waals surface area contributed by atoms with E-state index in [1.807, 2.05) is 39.4 Å². The monoisotopic (exact) mass is 548 g/mol. The van der Waals surface area contributed by atoms with Crippen LogP contribution < -0.4 is 4.74 Å². The average Bonchev–Trinajstić information content (AvgIpc) is 3.50. The molecule has 4 heterocycles. The predicted molar refractivity (Wildman–Crippen MR) is 156 cm³/mol. The summed E-state index contributed by atoms with van der Waals surface area (Å²) in [5.74, 6) is 0.763. The molecule has 0 atom stereocenters. The molecule has 40 heavy (non-hydrogen) atoms. The zero-order chi connectivity index (χ0) is 27.2. The van der Waals surface area contributed by atoms with Crippen molar-refractivity contribution in [1.29, 1.82) is 0 Å². The second-order valence-corrected chi connectivity index (χ2v) is 11.3. The van der Waals surface area contributed by atoms with Crippen LogP contribution in [0.2, 0.25) is 0 Å². The minimum atomic E-state index is -0.0853. The Balaban J connectivity index is 1.02. The summed E-state index contributed by atoms with van der Waals surface area (Å²) in [4.78, 5) is 39.9. The fourth-order valence-electron chi connectivity index (χ4n) is 6.02. The lowest BCUT2D eigenvalue weighted by Gasteiger charge is -2.31. The van der Waals surface area contributed by atoms with E-state index in [0.29, 0.717) is 43.3 Å². The van der Waals surface area contributed by atoms with Gasteiger partial charge in [0.1, 0.15) is 17.1 Å². The van der Waals surface area contributed by atoms with Crippen LogP contribution in [0.3, 0.4) is 0 Å². The van der Waals surface area contributed by atoms with E-state index >= 15 is 0 Å². The van der Waals surface area contributed by atoms with Gasteiger partial charge in [0, 0.05) is 48.9 Å². The lowest BCUT2D eigenvalue weighted by atomic mass is 9.95. The van der Waals surface area contributed by atoms with E-state index < -0.39 is 0 Å². The van der Waals surface area contributed by atoms with Gasteiger partial charge in [-0.1, -0.05) is 48.5 Å². The molecular formula is C32H28N4O3S. The smallest absolute Gasteiger partial charge is 0.273 e. The number of piperidine rings is 1. The number of hydrogen-bond acceptors (Lipinski definition) is 6. The van der Waals surface area contributed by atoms with Crippen molar-refractivity contribution in [2.45, 2.75) is 31.8 Å². The number of aromatic nitrogens is 2. The highest BCUT2D eigenvalue weighted by Gasteiger charge is 2.30. The van der Waals surface area contributed by atoms with Gasteiger partial charge in [0.05, 0.1) is 17.6 Å². The summed E-state index contributed by atoms with van der Waals surface area (Å²) in [5.41, 5.74) is 4.01. The molecule has 0 unspecified atom stereocenters. The number of rotatable bonds is 4. The third-order valence-electron chi connectivity index (χ3n) is 8.08. The molecule has 7 nitrogen and oxygen atoms in total. The molecule has 7 rings (SSSR count). The second kappa shape index (κ2) is 10.0. The van der Waals surface area contributed by atoms with E-state index in [1.54, 1.807) is 24.5 Å². The zero-order valence-electron chi connectivity index (χ0n) is 22.2. The van der Waals surface area contributed by atoms with Crippen LogP contribution in [-0.4, -0.2) is 51.8 Å². The number of para-hydroxylation sites is 1. The third kappa shape index (κ3) is 4.29. The first kappa shape index (κ1) is 24.7. The Morgan fingerprint density at radius 1 is 0.850 bits per heavy atom. The molecule has 2 aromatic heterocycles. The first-order valence-corrected chi connectivity index (χ1v) is 14.4. The van der Waals surface area contributed by atoms with Gasteiger partial charge in [-0.15, -0.1) is 11.3 Å². The quantitative estimate of drug-likeness (QED) is 0.274. The van der Waals surface area contributed by atoms with E-state index in [4.69, 9.17) is 9.72 Å². The van der Waals surface area contributed by atoms with Crippen molar-refractivity contribution in [1.82, 2.24) is 19.8 Å². The van der Waals surface area contributed by atoms with Crippen molar-refractivity contribution in [3.63, 3.8) is 0 Å². The molecule has 8 heteroatoms. The number of fused-ring (bicyclic) bond motifs is 1. The van der Waals surface area contributed by atoms with Gasteiger partial charge in [0.25, 0.3) is 11.8 Å². The third-order valence-corrected chi connectivity index (χ3v) is 9.08. The predicted octanol–water partition coefficient (Wildman–Crippen LogP) is 6.03. The molecule has 0 N–H and O–H groups in total. The normalized spacial score (nSPS) is 15.5. The van der Waals surface area contributed by atoms with Crippen LogP contribution in [0, 0.1) is 0 Å². The van der Waals surface area contributed by atoms with Gasteiger partial charge in [0.15, 0.2) is 0 Å². The molecule has 0 saturated carbocycles. The highest BCUT2D eigenvalue weighted by atomic mass is 32.1. The second-order valence-electron chi connectivity index (χ2n) is 10.5. The van der Waals surface area contributed by atoms with Crippen LogP contribution in [0.4, 0.5) is 0 Å². The Kier molecular flexibility index (Phi) is 6.20. The van der Waals surface area contributed by atoms with E-state index in [1.165, 1.54) is 21.9 Å². The van der Waals surface area contributed by atoms with Crippen molar-refractivity contribution in [3.8, 4) is 5.75 Å². The zero-order valence-corrected chi connectivity index (χ0v) is 23.0. The number of nitrogens with zero attached hydrogens (tertiary/aromatic N) is 4. The molecular weight excluding hydrogens is 520 g/mol. The van der Waals surface area contributed by atoms with Gasteiger partial charge >= 0.3 is 0 Å². The Morgan fingerprint density at radius 3 is 2.27 bits per heavy atom. The van der Waals surface area contributed by atoms with Gasteiger partial charge in [-0.3, -0.25) is 9.59 Å². The van der Waals surface area contributed by atoms with Gasteiger partial charge < -0.3 is 14.5 Å². The van der Waals surface area contributed by atoms with Crippen LogP contribution in [0.1, 0.15) is 55.9 Å². The number of hydrogen-bond donors (Lipinski definition) is 0. The summed E-state index contributed by atoms with van der Waals surface area (Å²) in [7, 11) is 1.61. The molecule has 0 spiro atoms. The van der Waals surface area contributed by atoms with Crippen molar-refractivity contribution in [2.24, 2.45) is 0 Å². The van der Waals surface area contributed by atoms with E-state index in [2.05, 4.69) is 41.4 Å². The molecule has 0 radical (unpaired) electrons. The van der Waals surface area contributed by atoms with Crippen LogP contribution >= 0.6 is 11.3 Å². The minimum absolute atomic E-state index is 0.0297. The Labute approximate surface area is 236 Å². The Hall–Kier alpha value is -4.30. The number of ether oxygens (including phenoxy) is 1. The van der Waals surface area contributed by atoms with E-state index in [0.717, 1.165) is 28.8 Å². The molecule has 0 bridgehead atoms. The minimum Gasteiger partial charge on any atom is -0.496 e. The first-order valence-electron chi connectivity index (χ1n) is 13.6. The van der Waals surface area contributed by atoms with Crippen molar-refractivity contribution in [2.75, 3.05) is 20.2 Å². The van der Waals surface area contributed by atoms with Crippen LogP contribution in [0.5, 0.6) is 5.75 Å². The number of amides is 2. The van der Waals surface area contributed by atoms with Crippen LogP contribution in [0.15, 0.2) is 72.1 Å². The summed E-state index contributed by atoms with van der Waals surface area (Å²) in [6, 6.07) is 22.0. The topological polar surface area (TPSA) is 75.6 Å². The van der Waals surface area contributed by atoms with Gasteiger partial charge in [0.2, 0.25) is 0 Å². The van der Waals surface area contributed by atoms with Crippen molar-refractivity contribution in [3.05, 3.63) is 99.6 Å². The van der Waals surface area contributed by atoms with Crippen LogP contribution in [-0.2, 0) is 13.1 Å². The molecule has 0 aliphatic carbocycles. The standard InChI is InChI=1S/C32H28N4O3S/c1-39-28-16-26(33-25-11-3-2-10-24(25)28)31(37)35-14-12-21(13-15-35)30-34-27(19-40-30)32(38)36-17-22-8-4-6-20-7-5-9-23(18-36)29(20)22/h2-11,16,19,21H,12-15,17-18H2,1H3. The summed E-state index contributed by atoms with van der Waals surface area (Å²) >= 11 is 1.55. The van der Waals surface area contributed by atoms with Crippen LogP contribution in [0.25, 0.3) is 21.7 Å². The number of thiazole rings is 1. The molecule has 200 valence electrons. The number of benzene rings is 3. The highest BCUT2D eigenvalue weighted by molar-refractivity contribution is 7.09. The average molecular weight is 549 g/mol. The van der Waals surface area contributed by atoms with Crippen molar-refractivity contribution < 1.29 is 14.3 Å². The number of likely N-dealkylation sites (tertiary alicyclic amines) is 1. The summed E-state index contributed by atoms with van der Waals surface area (Å²) in [5, 5.41) is 6.24. The highest BCUT2D eigenvalue weighted by Crippen LogP contribution is 2.34. The number of carbonyl (C=O) groups is 2. The van der Waals surface area contributed by atoms with E-state index in [-0.39, 0.29) is 17.7 Å². The summed E-state index contributed by atoms with van der Waals surface area (Å²) in [6.45, 7) is 2.43. The van der Waals surface area contributed by atoms with Crippen molar-refractivity contribution >= 4 is 44.8 Å². The van der Waals surface area contributed by atoms with E-state index in [9.17, 15) is 9.59 Å². The molecule has 2 amide bonds. The molecule has 1 fully saturated rings. The number of carbonyl (C=O) groups excluding carboxylic acids is 2. The van der Waals surface area contributed by atoms with Gasteiger partial charge in [-0.2, -0.15) is 0 Å². The Morgan fingerprint density at radius 2 is 1.55 bits per heavy atom. The largest absolute Gasteiger partial charge is 0.496 e. The fourth-order valence-corrected chi connectivity index (χ4v) is 6.99. The SMILES string of the molecule is COc1cc(C(=O)N2CCC(c3nc(C(=O)N4Cc5cccc6cccc(c56)C4)cs3)CC2)nc2ccccc12. The maximum Gasteiger partial charge on any atom is 0.273 e. The molecule has 5 aromatic rings. The number of methoxy groups -OCH3 is 1. The summed E-state index contributed by atoms with van der Waals surface area (Å²) < 4.78 is 5.53. The lowest BCUT2D eigenvalue weighted by molar-refractivity contribution is 0.0706. The molecule has 2 aliphatic rings. The maximum atomic E-state index is 13.5. The molecule has 3 aromatic carbocycles. The summed E-state index contributed by atoms with van der Waals surface area (Å²) in [6.07, 6.45) is 1.60. The number of pyridine rings is 1.